The summed E-state index contributed by atoms with van der Waals surface area (Å²) in [4.78, 5) is 15.7. The Morgan fingerprint density at radius 3 is 3.00 bits per heavy atom. The molecule has 1 amide bonds. The number of nitrogens with one attached hydrogen (secondary N) is 1. The maximum atomic E-state index is 11.5. The van der Waals surface area contributed by atoms with Gasteiger partial charge in [0.25, 0.3) is 5.22 Å². The number of aromatic nitrogens is 1. The molecule has 0 radical (unpaired) electrons. The lowest BCUT2D eigenvalue weighted by atomic mass is 10.3. The van der Waals surface area contributed by atoms with Crippen LogP contribution in [0.25, 0.3) is 11.1 Å². The van der Waals surface area contributed by atoms with Gasteiger partial charge in [0, 0.05) is 11.0 Å². The lowest BCUT2D eigenvalue weighted by molar-refractivity contribution is -0.118. The standard InChI is InChI=1S/C12H11BrN2O2S/c1-8(13)6-14-11(16)7-18-12-15-9-4-2-3-5-10(9)17-12/h2-5H,1,6-7H2,(H,14,16). The number of hydrogen-bond donors (Lipinski definition) is 1. The highest BCUT2D eigenvalue weighted by atomic mass is 79.9. The van der Waals surface area contributed by atoms with E-state index in [4.69, 9.17) is 4.42 Å². The number of carbonyl (C=O) groups excluding carboxylic acids is 1. The van der Waals surface area contributed by atoms with Crippen molar-refractivity contribution in [2.75, 3.05) is 12.3 Å². The minimum atomic E-state index is -0.0807. The molecule has 0 spiro atoms. The van der Waals surface area contributed by atoms with E-state index in [1.54, 1.807) is 0 Å². The summed E-state index contributed by atoms with van der Waals surface area (Å²) < 4.78 is 6.23. The van der Waals surface area contributed by atoms with E-state index in [2.05, 4.69) is 32.8 Å². The fraction of sp³-hybridized carbons (Fsp3) is 0.167. The fourth-order valence-corrected chi connectivity index (χ4v) is 2.09. The molecule has 0 bridgehead atoms. The van der Waals surface area contributed by atoms with Gasteiger partial charge in [-0.25, -0.2) is 4.98 Å². The SMILES string of the molecule is C=C(Br)CNC(=O)CSc1nc2ccccc2o1. The molecule has 2 aromatic rings. The molecule has 0 saturated heterocycles. The van der Waals surface area contributed by atoms with Crippen molar-refractivity contribution in [3.8, 4) is 0 Å². The maximum Gasteiger partial charge on any atom is 0.257 e. The van der Waals surface area contributed by atoms with Gasteiger partial charge < -0.3 is 9.73 Å². The van der Waals surface area contributed by atoms with Gasteiger partial charge in [-0.3, -0.25) is 4.79 Å². The van der Waals surface area contributed by atoms with Gasteiger partial charge in [0.05, 0.1) is 5.75 Å². The van der Waals surface area contributed by atoms with Crippen LogP contribution in [0.2, 0.25) is 0 Å². The second-order valence-electron chi connectivity index (χ2n) is 3.53. The molecule has 0 fully saturated rings. The second kappa shape index (κ2) is 6.06. The quantitative estimate of drug-likeness (QED) is 0.858. The number of halogens is 1. The summed E-state index contributed by atoms with van der Waals surface area (Å²) in [6.45, 7) is 4.06. The highest BCUT2D eigenvalue weighted by Crippen LogP contribution is 2.22. The van der Waals surface area contributed by atoms with Crippen LogP contribution in [0.1, 0.15) is 0 Å². The van der Waals surface area contributed by atoms with Crippen LogP contribution in [0, 0.1) is 0 Å². The Hall–Kier alpha value is -1.27. The van der Waals surface area contributed by atoms with Crippen LogP contribution in [0.15, 0.2) is 45.0 Å². The van der Waals surface area contributed by atoms with Gasteiger partial charge in [-0.05, 0) is 12.1 Å². The minimum absolute atomic E-state index is 0.0807. The Kier molecular flexibility index (Phi) is 4.43. The number of nitrogens with zero attached hydrogens (tertiary/aromatic N) is 1. The van der Waals surface area contributed by atoms with Gasteiger partial charge in [-0.1, -0.05) is 46.4 Å². The summed E-state index contributed by atoms with van der Waals surface area (Å²) in [6.07, 6.45) is 0. The zero-order valence-electron chi connectivity index (χ0n) is 9.48. The van der Waals surface area contributed by atoms with E-state index < -0.39 is 0 Å². The Balaban J connectivity index is 1.90. The van der Waals surface area contributed by atoms with Gasteiger partial charge >= 0.3 is 0 Å². The summed E-state index contributed by atoms with van der Waals surface area (Å²) in [6, 6.07) is 7.50. The van der Waals surface area contributed by atoms with E-state index in [9.17, 15) is 4.79 Å². The number of amides is 1. The summed E-state index contributed by atoms with van der Waals surface area (Å²) in [5.74, 6) is 0.190. The molecule has 1 aromatic heterocycles. The van der Waals surface area contributed by atoms with Crippen LogP contribution in [0.5, 0.6) is 0 Å². The molecule has 0 aliphatic heterocycles. The predicted molar refractivity (Wildman–Crippen MR) is 75.8 cm³/mol. The highest BCUT2D eigenvalue weighted by Gasteiger charge is 2.08. The predicted octanol–water partition coefficient (Wildman–Crippen LogP) is 2.94. The molecule has 0 atom stereocenters. The number of oxazole rings is 1. The van der Waals surface area contributed by atoms with Crippen molar-refractivity contribution in [2.45, 2.75) is 5.22 Å². The number of carbonyl (C=O) groups is 1. The molecule has 0 saturated carbocycles. The van der Waals surface area contributed by atoms with Crippen LogP contribution in [0.4, 0.5) is 0 Å². The van der Waals surface area contributed by atoms with Crippen LogP contribution < -0.4 is 5.32 Å². The van der Waals surface area contributed by atoms with E-state index in [1.165, 1.54) is 11.8 Å². The number of thioether (sulfide) groups is 1. The van der Waals surface area contributed by atoms with Gasteiger partial charge in [-0.15, -0.1) is 0 Å². The normalized spacial score (nSPS) is 10.5. The third-order valence-electron chi connectivity index (χ3n) is 2.08. The first-order valence-electron chi connectivity index (χ1n) is 5.23. The van der Waals surface area contributed by atoms with E-state index >= 15 is 0 Å². The third-order valence-corrected chi connectivity index (χ3v) is 3.19. The number of hydrogen-bond acceptors (Lipinski definition) is 4. The smallest absolute Gasteiger partial charge is 0.257 e. The number of fused-ring (bicyclic) bond motifs is 1. The fourth-order valence-electron chi connectivity index (χ4n) is 1.29. The van der Waals surface area contributed by atoms with Gasteiger partial charge in [0.1, 0.15) is 5.52 Å². The van der Waals surface area contributed by atoms with E-state index in [-0.39, 0.29) is 11.7 Å². The average Bonchev–Trinajstić information content (AvgIpc) is 2.76. The van der Waals surface area contributed by atoms with Crippen molar-refractivity contribution in [1.29, 1.82) is 0 Å². The van der Waals surface area contributed by atoms with Crippen molar-refractivity contribution < 1.29 is 9.21 Å². The molecule has 94 valence electrons. The number of benzene rings is 1. The average molecular weight is 327 g/mol. The van der Waals surface area contributed by atoms with Gasteiger partial charge in [-0.2, -0.15) is 0 Å². The van der Waals surface area contributed by atoms with E-state index in [0.717, 1.165) is 15.6 Å². The zero-order valence-corrected chi connectivity index (χ0v) is 11.9. The Morgan fingerprint density at radius 2 is 2.28 bits per heavy atom. The van der Waals surface area contributed by atoms with E-state index in [1.807, 2.05) is 24.3 Å². The largest absolute Gasteiger partial charge is 0.431 e. The molecular weight excluding hydrogens is 316 g/mol. The first-order valence-corrected chi connectivity index (χ1v) is 7.01. The monoisotopic (exact) mass is 326 g/mol. The highest BCUT2D eigenvalue weighted by molar-refractivity contribution is 9.11. The Labute approximate surface area is 117 Å². The molecule has 6 heteroatoms. The lowest BCUT2D eigenvalue weighted by Crippen LogP contribution is -2.26. The minimum Gasteiger partial charge on any atom is -0.431 e. The molecule has 1 heterocycles. The van der Waals surface area contributed by atoms with Crippen LogP contribution in [0.3, 0.4) is 0 Å². The second-order valence-corrected chi connectivity index (χ2v) is 5.58. The number of rotatable bonds is 5. The number of para-hydroxylation sites is 2. The summed E-state index contributed by atoms with van der Waals surface area (Å²) in [7, 11) is 0. The molecular formula is C12H11BrN2O2S. The third kappa shape index (κ3) is 3.61. The summed E-state index contributed by atoms with van der Waals surface area (Å²) >= 11 is 4.45. The van der Waals surface area contributed by atoms with E-state index in [0.29, 0.717) is 11.8 Å². The van der Waals surface area contributed by atoms with Crippen molar-refractivity contribution >= 4 is 44.7 Å². The Bertz CT molecular complexity index is 549. The maximum absolute atomic E-state index is 11.5. The zero-order chi connectivity index (χ0) is 13.0. The Morgan fingerprint density at radius 1 is 1.50 bits per heavy atom. The van der Waals surface area contributed by atoms with Crippen LogP contribution in [-0.2, 0) is 4.79 Å². The molecule has 18 heavy (non-hydrogen) atoms. The molecule has 4 nitrogen and oxygen atoms in total. The van der Waals surface area contributed by atoms with Crippen molar-refractivity contribution in [3.05, 3.63) is 35.3 Å². The van der Waals surface area contributed by atoms with Gasteiger partial charge in [0.2, 0.25) is 5.91 Å². The van der Waals surface area contributed by atoms with Crippen molar-refractivity contribution in [3.63, 3.8) is 0 Å². The lowest BCUT2D eigenvalue weighted by Gasteiger charge is -2.01. The molecule has 0 aliphatic rings. The van der Waals surface area contributed by atoms with Gasteiger partial charge in [0.15, 0.2) is 5.58 Å². The first-order chi connectivity index (χ1) is 8.65. The van der Waals surface area contributed by atoms with Crippen LogP contribution in [-0.4, -0.2) is 23.2 Å². The molecule has 2 rings (SSSR count). The van der Waals surface area contributed by atoms with Crippen LogP contribution >= 0.6 is 27.7 Å². The molecule has 0 aliphatic carbocycles. The molecule has 1 aromatic carbocycles. The molecule has 0 unspecified atom stereocenters. The molecule has 1 N–H and O–H groups in total. The van der Waals surface area contributed by atoms with Crippen molar-refractivity contribution in [1.82, 2.24) is 10.3 Å². The van der Waals surface area contributed by atoms with Crippen molar-refractivity contribution in [2.24, 2.45) is 0 Å². The summed E-state index contributed by atoms with van der Waals surface area (Å²) in [5.41, 5.74) is 1.53. The topological polar surface area (TPSA) is 55.1 Å². The first kappa shape index (κ1) is 13.2. The summed E-state index contributed by atoms with van der Waals surface area (Å²) in [5, 5.41) is 3.21.